The van der Waals surface area contributed by atoms with Crippen LogP contribution >= 0.6 is 0 Å². The van der Waals surface area contributed by atoms with E-state index in [1.54, 1.807) is 0 Å². The number of ether oxygens (including phenoxy) is 3. The molecule has 6 nitrogen and oxygen atoms in total. The Bertz CT molecular complexity index is 1060. The molecule has 63 heavy (non-hydrogen) atoms. The summed E-state index contributed by atoms with van der Waals surface area (Å²) in [5, 5.41) is 0. The molecule has 0 aromatic heterocycles. The molecule has 0 bridgehead atoms. The van der Waals surface area contributed by atoms with E-state index in [2.05, 4.69) is 57.2 Å². The minimum atomic E-state index is -0.772. The number of allylic oxidation sites excluding steroid dienone is 6. The maximum Gasteiger partial charge on any atom is 0.306 e. The Balaban J connectivity index is 4.35. The van der Waals surface area contributed by atoms with Crippen LogP contribution in [0, 0.1) is 0 Å². The number of rotatable bonds is 50. The number of carbonyl (C=O) groups is 3. The number of esters is 3. The van der Waals surface area contributed by atoms with Gasteiger partial charge in [0.2, 0.25) is 0 Å². The Labute approximate surface area is 391 Å². The van der Waals surface area contributed by atoms with Crippen molar-refractivity contribution in [3.63, 3.8) is 0 Å². The van der Waals surface area contributed by atoms with Crippen LogP contribution < -0.4 is 0 Å². The molecule has 0 aliphatic rings. The van der Waals surface area contributed by atoms with Gasteiger partial charge in [0.1, 0.15) is 13.2 Å². The lowest BCUT2D eigenvalue weighted by Gasteiger charge is -2.18. The third-order valence-electron chi connectivity index (χ3n) is 12.2. The Morgan fingerprint density at radius 2 is 0.619 bits per heavy atom. The molecule has 0 N–H and O–H groups in total. The van der Waals surface area contributed by atoms with E-state index >= 15 is 0 Å². The van der Waals surface area contributed by atoms with Crippen LogP contribution in [0.5, 0.6) is 0 Å². The van der Waals surface area contributed by atoms with Crippen molar-refractivity contribution >= 4 is 17.9 Å². The van der Waals surface area contributed by atoms with Crippen molar-refractivity contribution in [1.29, 1.82) is 0 Å². The summed E-state index contributed by atoms with van der Waals surface area (Å²) in [6.45, 7) is 6.55. The molecular formula is C57H104O6. The van der Waals surface area contributed by atoms with Gasteiger partial charge in [0.25, 0.3) is 0 Å². The lowest BCUT2D eigenvalue weighted by molar-refractivity contribution is -0.167. The van der Waals surface area contributed by atoms with Gasteiger partial charge in [-0.15, -0.1) is 0 Å². The summed E-state index contributed by atoms with van der Waals surface area (Å²) in [5.41, 5.74) is 0. The highest BCUT2D eigenvalue weighted by atomic mass is 16.6. The van der Waals surface area contributed by atoms with Crippen molar-refractivity contribution in [2.45, 2.75) is 297 Å². The molecule has 0 aliphatic carbocycles. The maximum absolute atomic E-state index is 12.8. The van der Waals surface area contributed by atoms with E-state index in [4.69, 9.17) is 14.2 Å². The van der Waals surface area contributed by atoms with E-state index in [1.807, 2.05) is 0 Å². The molecule has 0 saturated carbocycles. The SMILES string of the molecule is CC/C=C\C/C=C\C/C=C\CCCCCCCCC(=O)OCC(COC(=O)CCCCCCCCCCCCCCC)OC(=O)CCCCCCCCCCCCCCCCCC. The zero-order valence-corrected chi connectivity index (χ0v) is 42.1. The standard InChI is InChI=1S/C57H104O6/c1-4-7-10-13-16-19-22-25-27-29-32-35-38-41-44-47-50-56(59)62-53-54(52-61-55(58)49-46-43-40-37-34-31-24-21-18-15-12-9-6-3)63-57(60)51-48-45-42-39-36-33-30-28-26-23-20-17-14-11-8-5-2/h7,10,16,19,25,27,54H,4-6,8-9,11-15,17-18,20-24,26,28-53H2,1-3H3/b10-7-,19-16-,27-25-. The minimum Gasteiger partial charge on any atom is -0.462 e. The normalized spacial score (nSPS) is 12.2. The largest absolute Gasteiger partial charge is 0.462 e. The summed E-state index contributed by atoms with van der Waals surface area (Å²) < 4.78 is 16.8. The predicted molar refractivity (Wildman–Crippen MR) is 270 cm³/mol. The van der Waals surface area contributed by atoms with Crippen LogP contribution in [-0.2, 0) is 28.6 Å². The van der Waals surface area contributed by atoms with Gasteiger partial charge in [-0.3, -0.25) is 14.4 Å². The van der Waals surface area contributed by atoms with E-state index in [0.29, 0.717) is 19.3 Å². The van der Waals surface area contributed by atoms with E-state index in [9.17, 15) is 14.4 Å². The fourth-order valence-corrected chi connectivity index (χ4v) is 8.05. The summed E-state index contributed by atoms with van der Waals surface area (Å²) in [7, 11) is 0. The van der Waals surface area contributed by atoms with Crippen LogP contribution in [0.25, 0.3) is 0 Å². The van der Waals surface area contributed by atoms with Crippen molar-refractivity contribution < 1.29 is 28.6 Å². The average Bonchev–Trinajstić information content (AvgIpc) is 3.28. The molecule has 0 rings (SSSR count). The zero-order valence-electron chi connectivity index (χ0n) is 42.1. The zero-order chi connectivity index (χ0) is 45.8. The molecule has 0 radical (unpaired) electrons. The Hall–Kier alpha value is -2.37. The fraction of sp³-hybridized carbons (Fsp3) is 0.842. The van der Waals surface area contributed by atoms with Crippen molar-refractivity contribution in [2.75, 3.05) is 13.2 Å². The lowest BCUT2D eigenvalue weighted by Crippen LogP contribution is -2.30. The Morgan fingerprint density at radius 1 is 0.333 bits per heavy atom. The first-order valence-corrected chi connectivity index (χ1v) is 27.5. The Kier molecular flexibility index (Phi) is 50.3. The summed E-state index contributed by atoms with van der Waals surface area (Å²) in [4.78, 5) is 38.1. The molecule has 0 heterocycles. The summed E-state index contributed by atoms with van der Waals surface area (Å²) in [6, 6.07) is 0. The van der Waals surface area contributed by atoms with Gasteiger partial charge < -0.3 is 14.2 Å². The van der Waals surface area contributed by atoms with Crippen molar-refractivity contribution in [1.82, 2.24) is 0 Å². The second-order valence-corrected chi connectivity index (χ2v) is 18.5. The van der Waals surface area contributed by atoms with E-state index in [-0.39, 0.29) is 31.1 Å². The first-order chi connectivity index (χ1) is 31.0. The second kappa shape index (κ2) is 52.3. The van der Waals surface area contributed by atoms with Crippen molar-refractivity contribution in [2.24, 2.45) is 0 Å². The molecule has 0 amide bonds. The van der Waals surface area contributed by atoms with Crippen molar-refractivity contribution in [3.05, 3.63) is 36.5 Å². The van der Waals surface area contributed by atoms with Crippen molar-refractivity contribution in [3.8, 4) is 0 Å². The first-order valence-electron chi connectivity index (χ1n) is 27.5. The van der Waals surface area contributed by atoms with Gasteiger partial charge in [-0.2, -0.15) is 0 Å². The first kappa shape index (κ1) is 60.6. The Morgan fingerprint density at radius 3 is 0.968 bits per heavy atom. The molecule has 0 saturated heterocycles. The predicted octanol–water partition coefficient (Wildman–Crippen LogP) is 18.1. The van der Waals surface area contributed by atoms with Gasteiger partial charge in [0, 0.05) is 19.3 Å². The molecule has 0 fully saturated rings. The lowest BCUT2D eigenvalue weighted by atomic mass is 10.0. The van der Waals surface area contributed by atoms with Crippen LogP contribution in [0.4, 0.5) is 0 Å². The maximum atomic E-state index is 12.8. The van der Waals surface area contributed by atoms with Gasteiger partial charge in [0.05, 0.1) is 0 Å². The van der Waals surface area contributed by atoms with Gasteiger partial charge in [-0.05, 0) is 51.4 Å². The van der Waals surface area contributed by atoms with Crippen LogP contribution in [0.15, 0.2) is 36.5 Å². The molecular weight excluding hydrogens is 781 g/mol. The van der Waals surface area contributed by atoms with E-state index in [0.717, 1.165) is 83.5 Å². The highest BCUT2D eigenvalue weighted by Gasteiger charge is 2.19. The second-order valence-electron chi connectivity index (χ2n) is 18.5. The minimum absolute atomic E-state index is 0.0716. The molecule has 0 aliphatic heterocycles. The van der Waals surface area contributed by atoms with Crippen LogP contribution in [0.1, 0.15) is 290 Å². The molecule has 0 aromatic rings. The molecule has 1 unspecified atom stereocenters. The monoisotopic (exact) mass is 885 g/mol. The third kappa shape index (κ3) is 50.5. The smallest absolute Gasteiger partial charge is 0.306 e. The molecule has 1 atom stereocenters. The van der Waals surface area contributed by atoms with Crippen LogP contribution in [0.2, 0.25) is 0 Å². The highest BCUT2D eigenvalue weighted by molar-refractivity contribution is 5.71. The van der Waals surface area contributed by atoms with Gasteiger partial charge in [-0.25, -0.2) is 0 Å². The fourth-order valence-electron chi connectivity index (χ4n) is 8.05. The van der Waals surface area contributed by atoms with Gasteiger partial charge in [0.15, 0.2) is 6.10 Å². The molecule has 6 heteroatoms. The van der Waals surface area contributed by atoms with E-state index in [1.165, 1.54) is 167 Å². The number of unbranched alkanes of at least 4 members (excludes halogenated alkanes) is 33. The summed E-state index contributed by atoms with van der Waals surface area (Å²) in [5.74, 6) is -0.869. The topological polar surface area (TPSA) is 78.9 Å². The van der Waals surface area contributed by atoms with Crippen LogP contribution in [-0.4, -0.2) is 37.2 Å². The van der Waals surface area contributed by atoms with E-state index < -0.39 is 6.10 Å². The number of hydrogen-bond donors (Lipinski definition) is 0. The third-order valence-corrected chi connectivity index (χ3v) is 12.2. The molecule has 0 aromatic carbocycles. The van der Waals surface area contributed by atoms with Gasteiger partial charge in [-0.1, -0.05) is 256 Å². The number of hydrogen-bond acceptors (Lipinski definition) is 6. The van der Waals surface area contributed by atoms with Gasteiger partial charge >= 0.3 is 17.9 Å². The highest BCUT2D eigenvalue weighted by Crippen LogP contribution is 2.16. The summed E-state index contributed by atoms with van der Waals surface area (Å²) >= 11 is 0. The summed E-state index contributed by atoms with van der Waals surface area (Å²) in [6.07, 6.45) is 61.3. The number of carbonyl (C=O) groups excluding carboxylic acids is 3. The average molecular weight is 885 g/mol. The van der Waals surface area contributed by atoms with Crippen LogP contribution in [0.3, 0.4) is 0 Å². The molecule has 368 valence electrons. The quantitative estimate of drug-likeness (QED) is 0.0262. The molecule has 0 spiro atoms.